The van der Waals surface area contributed by atoms with Crippen LogP contribution in [0, 0.1) is 14.9 Å². The van der Waals surface area contributed by atoms with Crippen LogP contribution in [-0.4, -0.2) is 16.3 Å². The van der Waals surface area contributed by atoms with Gasteiger partial charge in [-0.3, -0.25) is 0 Å². The van der Waals surface area contributed by atoms with E-state index in [1.807, 2.05) is 35.0 Å². The third-order valence-corrected chi connectivity index (χ3v) is 5.45. The first kappa shape index (κ1) is 16.2. The number of aromatic nitrogens is 2. The molecule has 0 amide bonds. The second-order valence-electron chi connectivity index (χ2n) is 6.08. The summed E-state index contributed by atoms with van der Waals surface area (Å²) >= 11 is 2.36. The Morgan fingerprint density at radius 3 is 2.72 bits per heavy atom. The van der Waals surface area contributed by atoms with Crippen LogP contribution in [0.3, 0.4) is 0 Å². The van der Waals surface area contributed by atoms with Crippen LogP contribution in [0.1, 0.15) is 24.0 Å². The van der Waals surface area contributed by atoms with E-state index in [0.29, 0.717) is 5.56 Å². The summed E-state index contributed by atoms with van der Waals surface area (Å²) in [7, 11) is 0. The summed E-state index contributed by atoms with van der Waals surface area (Å²) in [6.45, 7) is 0.929. The van der Waals surface area contributed by atoms with Gasteiger partial charge in [-0.15, -0.1) is 0 Å². The van der Waals surface area contributed by atoms with E-state index in [2.05, 4.69) is 52.2 Å². The van der Waals surface area contributed by atoms with Crippen molar-refractivity contribution in [1.29, 1.82) is 5.26 Å². The molecule has 0 saturated heterocycles. The monoisotopic (exact) mass is 440 g/mol. The molecule has 25 heavy (non-hydrogen) atoms. The number of fused-ring (bicyclic) bond motifs is 1. The summed E-state index contributed by atoms with van der Waals surface area (Å²) in [6, 6.07) is 18.2. The first-order valence-electron chi connectivity index (χ1n) is 8.40. The van der Waals surface area contributed by atoms with Crippen LogP contribution in [0.4, 0.5) is 5.82 Å². The number of nitrogens with one attached hydrogen (secondary N) is 1. The van der Waals surface area contributed by atoms with Crippen LogP contribution in [0.25, 0.3) is 16.9 Å². The van der Waals surface area contributed by atoms with Gasteiger partial charge >= 0.3 is 0 Å². The second kappa shape index (κ2) is 6.89. The number of benzene rings is 2. The first-order chi connectivity index (χ1) is 12.3. The van der Waals surface area contributed by atoms with Gasteiger partial charge in [0.25, 0.3) is 0 Å². The highest BCUT2D eigenvalue weighted by Crippen LogP contribution is 2.36. The predicted octanol–water partition coefficient (Wildman–Crippen LogP) is 4.76. The number of halogens is 1. The van der Waals surface area contributed by atoms with Gasteiger partial charge < -0.3 is 5.32 Å². The molecule has 1 aromatic heterocycles. The van der Waals surface area contributed by atoms with Crippen molar-refractivity contribution in [2.45, 2.75) is 19.3 Å². The van der Waals surface area contributed by atoms with Crippen LogP contribution < -0.4 is 5.32 Å². The van der Waals surface area contributed by atoms with Crippen molar-refractivity contribution in [3.63, 3.8) is 0 Å². The maximum Gasteiger partial charge on any atom is 0.133 e. The third-order valence-electron chi connectivity index (χ3n) is 4.51. The molecule has 1 aliphatic heterocycles. The van der Waals surface area contributed by atoms with Gasteiger partial charge in [-0.2, -0.15) is 10.4 Å². The summed E-state index contributed by atoms with van der Waals surface area (Å²) < 4.78 is 3.10. The van der Waals surface area contributed by atoms with Gasteiger partial charge in [-0.05, 0) is 60.1 Å². The molecular weight excluding hydrogens is 423 g/mol. The number of rotatable bonds is 2. The van der Waals surface area contributed by atoms with Crippen LogP contribution in [0.5, 0.6) is 0 Å². The summed E-state index contributed by atoms with van der Waals surface area (Å²) in [5.74, 6) is 1.02. The van der Waals surface area contributed by atoms with Crippen molar-refractivity contribution in [1.82, 2.24) is 9.78 Å². The molecular formula is C20H17IN4. The normalized spacial score (nSPS) is 13.4. The van der Waals surface area contributed by atoms with E-state index in [9.17, 15) is 5.26 Å². The average Bonchev–Trinajstić information content (AvgIpc) is 2.83. The highest BCUT2D eigenvalue weighted by molar-refractivity contribution is 14.1. The van der Waals surface area contributed by atoms with Gasteiger partial charge in [-0.25, -0.2) is 4.68 Å². The number of nitrogens with zero attached hydrogens (tertiary/aromatic N) is 3. The Morgan fingerprint density at radius 1 is 1.08 bits per heavy atom. The molecule has 0 aliphatic carbocycles. The van der Waals surface area contributed by atoms with E-state index >= 15 is 0 Å². The van der Waals surface area contributed by atoms with E-state index in [1.165, 1.54) is 9.13 Å². The van der Waals surface area contributed by atoms with Crippen LogP contribution in [0.2, 0.25) is 0 Å². The number of nitriles is 1. The molecule has 1 aliphatic rings. The third kappa shape index (κ3) is 2.91. The zero-order valence-corrected chi connectivity index (χ0v) is 15.8. The number of hydrogen-bond donors (Lipinski definition) is 1. The van der Waals surface area contributed by atoms with Gasteiger partial charge in [0.15, 0.2) is 0 Å². The lowest BCUT2D eigenvalue weighted by atomic mass is 10.0. The smallest absolute Gasteiger partial charge is 0.133 e. The summed E-state index contributed by atoms with van der Waals surface area (Å²) in [6.07, 6.45) is 3.28. The maximum absolute atomic E-state index is 9.49. The Morgan fingerprint density at radius 2 is 1.88 bits per heavy atom. The van der Waals surface area contributed by atoms with Crippen LogP contribution in [0.15, 0.2) is 48.5 Å². The van der Waals surface area contributed by atoms with Crippen molar-refractivity contribution in [3.8, 4) is 23.0 Å². The molecule has 0 spiro atoms. The fourth-order valence-corrected chi connectivity index (χ4v) is 3.94. The highest BCUT2D eigenvalue weighted by atomic mass is 127. The summed E-state index contributed by atoms with van der Waals surface area (Å²) in [4.78, 5) is 0. The number of anilines is 1. The van der Waals surface area contributed by atoms with Gasteiger partial charge in [0.1, 0.15) is 11.9 Å². The zero-order valence-electron chi connectivity index (χ0n) is 13.7. The summed E-state index contributed by atoms with van der Waals surface area (Å²) in [5, 5.41) is 18.0. The number of hydrogen-bond acceptors (Lipinski definition) is 3. The molecule has 0 fully saturated rings. The standard InChI is InChI=1S/C20H17IN4/c21-17-10-3-2-8-15(17)19-16-9-5-6-12-23-20(16)25(24-19)18-11-4-1-7-14(18)13-22/h1-4,7-8,10-11,23H,5-6,9,12H2. The molecule has 0 unspecified atom stereocenters. The van der Waals surface area contributed by atoms with E-state index in [-0.39, 0.29) is 0 Å². The maximum atomic E-state index is 9.49. The molecule has 4 nitrogen and oxygen atoms in total. The minimum Gasteiger partial charge on any atom is -0.370 e. The summed E-state index contributed by atoms with van der Waals surface area (Å²) in [5.41, 5.74) is 4.87. The van der Waals surface area contributed by atoms with Crippen LogP contribution in [-0.2, 0) is 6.42 Å². The molecule has 2 aromatic carbocycles. The van der Waals surface area contributed by atoms with E-state index in [4.69, 9.17) is 5.10 Å². The fraction of sp³-hybridized carbons (Fsp3) is 0.200. The fourth-order valence-electron chi connectivity index (χ4n) is 3.30. The van der Waals surface area contributed by atoms with Gasteiger partial charge in [0.2, 0.25) is 0 Å². The van der Waals surface area contributed by atoms with Gasteiger partial charge in [0.05, 0.1) is 16.9 Å². The molecule has 0 atom stereocenters. The second-order valence-corrected chi connectivity index (χ2v) is 7.24. The topological polar surface area (TPSA) is 53.6 Å². The Kier molecular flexibility index (Phi) is 4.45. The molecule has 0 radical (unpaired) electrons. The predicted molar refractivity (Wildman–Crippen MR) is 108 cm³/mol. The average molecular weight is 440 g/mol. The van der Waals surface area contributed by atoms with Crippen molar-refractivity contribution < 1.29 is 0 Å². The van der Waals surface area contributed by atoms with Crippen molar-refractivity contribution in [3.05, 3.63) is 63.2 Å². The molecule has 0 saturated carbocycles. The van der Waals surface area contributed by atoms with Gasteiger partial charge in [0, 0.05) is 21.2 Å². The van der Waals surface area contributed by atoms with E-state index in [1.54, 1.807) is 0 Å². The minimum atomic E-state index is 0.633. The SMILES string of the molecule is N#Cc1ccccc1-n1nc(-c2ccccc2I)c2c1NCCCC2. The lowest BCUT2D eigenvalue weighted by Gasteiger charge is -2.10. The quantitative estimate of drug-likeness (QED) is 0.585. The Hall–Kier alpha value is -2.33. The van der Waals surface area contributed by atoms with Crippen LogP contribution >= 0.6 is 22.6 Å². The van der Waals surface area contributed by atoms with E-state index < -0.39 is 0 Å². The lowest BCUT2D eigenvalue weighted by molar-refractivity contribution is 0.780. The molecule has 124 valence electrons. The lowest BCUT2D eigenvalue weighted by Crippen LogP contribution is -2.08. The minimum absolute atomic E-state index is 0.633. The Bertz CT molecular complexity index is 968. The van der Waals surface area contributed by atoms with Gasteiger partial charge in [-0.1, -0.05) is 30.3 Å². The highest BCUT2D eigenvalue weighted by Gasteiger charge is 2.23. The molecule has 5 heteroatoms. The molecule has 2 heterocycles. The Labute approximate surface area is 160 Å². The largest absolute Gasteiger partial charge is 0.370 e. The van der Waals surface area contributed by atoms with Crippen molar-refractivity contribution >= 4 is 28.4 Å². The first-order valence-corrected chi connectivity index (χ1v) is 9.47. The zero-order chi connectivity index (χ0) is 17.2. The molecule has 1 N–H and O–H groups in total. The van der Waals surface area contributed by atoms with Crippen molar-refractivity contribution in [2.24, 2.45) is 0 Å². The van der Waals surface area contributed by atoms with Crippen molar-refractivity contribution in [2.75, 3.05) is 11.9 Å². The number of para-hydroxylation sites is 1. The molecule has 0 bridgehead atoms. The Balaban J connectivity index is 1.98. The van der Waals surface area contributed by atoms with E-state index in [0.717, 1.165) is 48.6 Å². The molecule has 3 aromatic rings. The molecule has 4 rings (SSSR count).